The summed E-state index contributed by atoms with van der Waals surface area (Å²) in [5.41, 5.74) is 0. The lowest BCUT2D eigenvalue weighted by atomic mass is 10.1. The molecule has 2 rings (SSSR count). The molecule has 0 spiro atoms. The van der Waals surface area contributed by atoms with Crippen LogP contribution >= 0.6 is 0 Å². The van der Waals surface area contributed by atoms with E-state index in [2.05, 4.69) is 5.32 Å². The lowest BCUT2D eigenvalue weighted by molar-refractivity contribution is -0.136. The molecular weight excluding hydrogens is 319 g/mol. The van der Waals surface area contributed by atoms with Gasteiger partial charge in [0, 0.05) is 31.1 Å². The molecular formula is C16H23FN2O3S. The Labute approximate surface area is 136 Å². The minimum absolute atomic E-state index is 0.0422. The lowest BCUT2D eigenvalue weighted by Crippen LogP contribution is -2.57. The molecule has 1 aromatic rings. The van der Waals surface area contributed by atoms with Gasteiger partial charge in [-0.25, -0.2) is 12.8 Å². The third-order valence-electron chi connectivity index (χ3n) is 3.93. The SMILES string of the molecule is C[C@@H]1CN(C(=O)[C@H](C)CS(=O)(=O)c2ccc(F)cc2)C[C@H](C)N1. The number of halogens is 1. The molecule has 0 unspecified atom stereocenters. The van der Waals surface area contributed by atoms with E-state index in [0.29, 0.717) is 13.1 Å². The highest BCUT2D eigenvalue weighted by molar-refractivity contribution is 7.91. The summed E-state index contributed by atoms with van der Waals surface area (Å²) in [6, 6.07) is 5.05. The Morgan fingerprint density at radius 1 is 1.26 bits per heavy atom. The van der Waals surface area contributed by atoms with E-state index in [1.165, 1.54) is 12.1 Å². The molecule has 0 radical (unpaired) electrons. The van der Waals surface area contributed by atoms with Crippen LogP contribution in [0.15, 0.2) is 29.2 Å². The zero-order valence-corrected chi connectivity index (χ0v) is 14.4. The van der Waals surface area contributed by atoms with Gasteiger partial charge in [-0.2, -0.15) is 0 Å². The van der Waals surface area contributed by atoms with Crippen molar-refractivity contribution in [3.8, 4) is 0 Å². The Hall–Kier alpha value is -1.47. The first-order valence-corrected chi connectivity index (χ1v) is 9.37. The fourth-order valence-electron chi connectivity index (χ4n) is 2.96. The number of sulfone groups is 1. The summed E-state index contributed by atoms with van der Waals surface area (Å²) in [5.74, 6) is -1.56. The number of nitrogens with one attached hydrogen (secondary N) is 1. The molecule has 1 amide bonds. The minimum atomic E-state index is -3.62. The quantitative estimate of drug-likeness (QED) is 0.841. The van der Waals surface area contributed by atoms with Gasteiger partial charge in [0.2, 0.25) is 5.91 Å². The van der Waals surface area contributed by atoms with Crippen molar-refractivity contribution in [1.82, 2.24) is 10.2 Å². The summed E-state index contributed by atoms with van der Waals surface area (Å²) in [4.78, 5) is 14.3. The highest BCUT2D eigenvalue weighted by Crippen LogP contribution is 2.17. The Kier molecular flexibility index (Phi) is 5.41. The topological polar surface area (TPSA) is 66.5 Å². The van der Waals surface area contributed by atoms with E-state index in [0.717, 1.165) is 12.1 Å². The molecule has 23 heavy (non-hydrogen) atoms. The van der Waals surface area contributed by atoms with Crippen molar-refractivity contribution in [3.63, 3.8) is 0 Å². The van der Waals surface area contributed by atoms with Gasteiger partial charge in [-0.15, -0.1) is 0 Å². The molecule has 1 aliphatic heterocycles. The van der Waals surface area contributed by atoms with Crippen LogP contribution in [0, 0.1) is 11.7 Å². The average Bonchev–Trinajstić information content (AvgIpc) is 2.45. The van der Waals surface area contributed by atoms with Gasteiger partial charge >= 0.3 is 0 Å². The normalized spacial score (nSPS) is 23.6. The molecule has 0 aromatic heterocycles. The Bertz CT molecular complexity index is 650. The summed E-state index contributed by atoms with van der Waals surface area (Å²) < 4.78 is 37.6. The van der Waals surface area contributed by atoms with Crippen molar-refractivity contribution in [3.05, 3.63) is 30.1 Å². The van der Waals surface area contributed by atoms with Crippen LogP contribution in [0.3, 0.4) is 0 Å². The van der Waals surface area contributed by atoms with E-state index in [1.807, 2.05) is 13.8 Å². The maximum Gasteiger partial charge on any atom is 0.226 e. The second kappa shape index (κ2) is 6.97. The predicted molar refractivity (Wildman–Crippen MR) is 86.3 cm³/mol. The standard InChI is InChI=1S/C16H23FN2O3S/c1-11(16(20)19-8-12(2)18-13(3)9-19)10-23(21,22)15-6-4-14(17)5-7-15/h4-7,11-13,18H,8-10H2,1-3H3/t11-,12-,13+/m1/s1. The number of carbonyl (C=O) groups is 1. The Morgan fingerprint density at radius 3 is 2.30 bits per heavy atom. The van der Waals surface area contributed by atoms with Gasteiger partial charge in [0.05, 0.1) is 10.6 Å². The molecule has 1 aliphatic rings. The van der Waals surface area contributed by atoms with Crippen LogP contribution < -0.4 is 5.32 Å². The molecule has 1 aromatic carbocycles. The second-order valence-electron chi connectivity index (χ2n) is 6.35. The third kappa shape index (κ3) is 4.51. The second-order valence-corrected chi connectivity index (χ2v) is 8.38. The van der Waals surface area contributed by atoms with E-state index < -0.39 is 21.6 Å². The van der Waals surface area contributed by atoms with Gasteiger partial charge in [0.25, 0.3) is 0 Å². The fourth-order valence-corrected chi connectivity index (χ4v) is 4.50. The van der Waals surface area contributed by atoms with E-state index in [-0.39, 0.29) is 28.6 Å². The van der Waals surface area contributed by atoms with Crippen molar-refractivity contribution in [2.75, 3.05) is 18.8 Å². The molecule has 5 nitrogen and oxygen atoms in total. The zero-order valence-electron chi connectivity index (χ0n) is 13.6. The highest BCUT2D eigenvalue weighted by Gasteiger charge is 2.30. The number of rotatable bonds is 4. The number of amides is 1. The third-order valence-corrected chi connectivity index (χ3v) is 5.86. The summed E-state index contributed by atoms with van der Waals surface area (Å²) in [5, 5.41) is 3.33. The molecule has 0 bridgehead atoms. The van der Waals surface area contributed by atoms with E-state index in [4.69, 9.17) is 0 Å². The van der Waals surface area contributed by atoms with E-state index in [9.17, 15) is 17.6 Å². The van der Waals surface area contributed by atoms with Gasteiger partial charge in [-0.05, 0) is 38.1 Å². The van der Waals surface area contributed by atoms with Crippen molar-refractivity contribution in [2.45, 2.75) is 37.8 Å². The van der Waals surface area contributed by atoms with Gasteiger partial charge < -0.3 is 10.2 Å². The zero-order chi connectivity index (χ0) is 17.2. The number of piperazine rings is 1. The van der Waals surface area contributed by atoms with Crippen LogP contribution in [0.4, 0.5) is 4.39 Å². The lowest BCUT2D eigenvalue weighted by Gasteiger charge is -2.37. The van der Waals surface area contributed by atoms with Gasteiger partial charge in [-0.1, -0.05) is 6.92 Å². The van der Waals surface area contributed by atoms with E-state index >= 15 is 0 Å². The monoisotopic (exact) mass is 342 g/mol. The largest absolute Gasteiger partial charge is 0.339 e. The minimum Gasteiger partial charge on any atom is -0.339 e. The first-order valence-electron chi connectivity index (χ1n) is 7.72. The first kappa shape index (κ1) is 17.9. The van der Waals surface area contributed by atoms with Gasteiger partial charge in [-0.3, -0.25) is 4.79 Å². The number of benzene rings is 1. The molecule has 0 saturated carbocycles. The first-order chi connectivity index (χ1) is 10.7. The fraction of sp³-hybridized carbons (Fsp3) is 0.562. The van der Waals surface area contributed by atoms with Crippen molar-refractivity contribution in [1.29, 1.82) is 0 Å². The maximum absolute atomic E-state index is 12.9. The molecule has 3 atom stereocenters. The Balaban J connectivity index is 2.06. The summed E-state index contributed by atoms with van der Waals surface area (Å²) in [6.45, 7) is 6.76. The molecule has 1 fully saturated rings. The van der Waals surface area contributed by atoms with Crippen molar-refractivity contribution in [2.24, 2.45) is 5.92 Å². The molecule has 128 valence electrons. The molecule has 1 saturated heterocycles. The molecule has 0 aliphatic carbocycles. The van der Waals surface area contributed by atoms with Gasteiger partial charge in [0.1, 0.15) is 5.82 Å². The van der Waals surface area contributed by atoms with Crippen molar-refractivity contribution >= 4 is 15.7 Å². The summed E-state index contributed by atoms with van der Waals surface area (Å²) in [6.07, 6.45) is 0. The smallest absolute Gasteiger partial charge is 0.226 e. The van der Waals surface area contributed by atoms with Crippen LogP contribution in [-0.4, -0.2) is 50.2 Å². The molecule has 1 N–H and O–H groups in total. The number of hydrogen-bond donors (Lipinski definition) is 1. The maximum atomic E-state index is 12.9. The van der Waals surface area contributed by atoms with E-state index in [1.54, 1.807) is 11.8 Å². The van der Waals surface area contributed by atoms with Crippen LogP contribution in [-0.2, 0) is 14.6 Å². The van der Waals surface area contributed by atoms with Crippen LogP contribution in [0.25, 0.3) is 0 Å². The number of carbonyl (C=O) groups excluding carboxylic acids is 1. The predicted octanol–water partition coefficient (Wildman–Crippen LogP) is 1.44. The average molecular weight is 342 g/mol. The molecule has 7 heteroatoms. The Morgan fingerprint density at radius 2 is 1.78 bits per heavy atom. The number of hydrogen-bond acceptors (Lipinski definition) is 4. The van der Waals surface area contributed by atoms with Crippen LogP contribution in [0.1, 0.15) is 20.8 Å². The van der Waals surface area contributed by atoms with Crippen LogP contribution in [0.5, 0.6) is 0 Å². The van der Waals surface area contributed by atoms with Gasteiger partial charge in [0.15, 0.2) is 9.84 Å². The summed E-state index contributed by atoms with van der Waals surface area (Å²) in [7, 11) is -3.62. The molecule has 1 heterocycles. The number of nitrogens with zero attached hydrogens (tertiary/aromatic N) is 1. The highest BCUT2D eigenvalue weighted by atomic mass is 32.2. The summed E-state index contributed by atoms with van der Waals surface area (Å²) >= 11 is 0. The van der Waals surface area contributed by atoms with Crippen molar-refractivity contribution < 1.29 is 17.6 Å². The van der Waals surface area contributed by atoms with Crippen LogP contribution in [0.2, 0.25) is 0 Å².